The van der Waals surface area contributed by atoms with Crippen molar-refractivity contribution in [2.24, 2.45) is 5.92 Å². The molecule has 0 bridgehead atoms. The van der Waals surface area contributed by atoms with E-state index in [9.17, 15) is 24.0 Å². The van der Waals surface area contributed by atoms with Crippen LogP contribution in [-0.2, 0) is 28.6 Å². The van der Waals surface area contributed by atoms with Crippen LogP contribution in [-0.4, -0.2) is 77.2 Å². The first-order valence-corrected chi connectivity index (χ1v) is 15.2. The van der Waals surface area contributed by atoms with E-state index in [1.807, 2.05) is 12.2 Å². The third-order valence-electron chi connectivity index (χ3n) is 7.85. The molecule has 0 radical (unpaired) electrons. The van der Waals surface area contributed by atoms with Gasteiger partial charge in [-0.25, -0.2) is 14.4 Å². The molecule has 1 aromatic rings. The van der Waals surface area contributed by atoms with Crippen LogP contribution in [0.25, 0.3) is 0 Å². The van der Waals surface area contributed by atoms with Crippen LogP contribution in [0.5, 0.6) is 0 Å². The summed E-state index contributed by atoms with van der Waals surface area (Å²) in [5.41, 5.74) is -1.64. The number of ether oxygens (including phenoxy) is 3. The zero-order valence-electron chi connectivity index (χ0n) is 25.4. The fraction of sp³-hybridized carbons (Fsp3) is 0.594. The van der Waals surface area contributed by atoms with Gasteiger partial charge in [-0.15, -0.1) is 0 Å². The number of nitrogens with one attached hydrogen (secondary N) is 2. The summed E-state index contributed by atoms with van der Waals surface area (Å²) >= 11 is 0. The molecule has 2 fully saturated rings. The number of carbonyl (C=O) groups is 5. The number of rotatable bonds is 5. The van der Waals surface area contributed by atoms with Crippen LogP contribution in [0.4, 0.5) is 4.79 Å². The smallest absolute Gasteiger partial charge is 0.408 e. The molecule has 3 aliphatic rings. The highest BCUT2D eigenvalue weighted by molar-refractivity contribution is 5.97. The van der Waals surface area contributed by atoms with Crippen LogP contribution >= 0.6 is 0 Å². The average molecular weight is 598 g/mol. The largest absolute Gasteiger partial charge is 0.464 e. The van der Waals surface area contributed by atoms with Gasteiger partial charge in [-0.3, -0.25) is 9.59 Å². The summed E-state index contributed by atoms with van der Waals surface area (Å²) in [6, 6.07) is 6.47. The molecule has 5 atom stereocenters. The fourth-order valence-corrected chi connectivity index (χ4v) is 5.64. The highest BCUT2D eigenvalue weighted by atomic mass is 16.6. The normalized spacial score (nSPS) is 28.6. The number of esters is 2. The Morgan fingerprint density at radius 2 is 1.84 bits per heavy atom. The van der Waals surface area contributed by atoms with Gasteiger partial charge < -0.3 is 29.7 Å². The Kier molecular flexibility index (Phi) is 10.1. The van der Waals surface area contributed by atoms with E-state index in [4.69, 9.17) is 14.2 Å². The van der Waals surface area contributed by atoms with E-state index in [2.05, 4.69) is 10.6 Å². The van der Waals surface area contributed by atoms with Crippen LogP contribution in [0.1, 0.15) is 83.0 Å². The third kappa shape index (κ3) is 8.14. The van der Waals surface area contributed by atoms with Crippen molar-refractivity contribution in [1.29, 1.82) is 0 Å². The predicted octanol–water partition coefficient (Wildman–Crippen LogP) is 3.66. The number of hydrogen-bond donors (Lipinski definition) is 2. The molecule has 43 heavy (non-hydrogen) atoms. The zero-order valence-corrected chi connectivity index (χ0v) is 25.4. The van der Waals surface area contributed by atoms with E-state index in [-0.39, 0.29) is 25.5 Å². The molecule has 2 aliphatic heterocycles. The second-order valence-corrected chi connectivity index (χ2v) is 12.4. The maximum Gasteiger partial charge on any atom is 0.408 e. The molecule has 11 nitrogen and oxygen atoms in total. The summed E-state index contributed by atoms with van der Waals surface area (Å²) in [6.45, 7) is 7.02. The van der Waals surface area contributed by atoms with Crippen molar-refractivity contribution < 1.29 is 38.2 Å². The number of amides is 3. The highest BCUT2D eigenvalue weighted by Gasteiger charge is 2.62. The van der Waals surface area contributed by atoms with Gasteiger partial charge in [0.15, 0.2) is 0 Å². The van der Waals surface area contributed by atoms with Gasteiger partial charge in [0.1, 0.15) is 29.3 Å². The van der Waals surface area contributed by atoms with E-state index in [0.717, 1.165) is 19.3 Å². The number of fused-ring (bicyclic) bond motifs is 2. The molecular weight excluding hydrogens is 554 g/mol. The summed E-state index contributed by atoms with van der Waals surface area (Å²) in [5.74, 6) is -2.33. The molecule has 1 aliphatic carbocycles. The highest BCUT2D eigenvalue weighted by Crippen LogP contribution is 2.46. The number of benzene rings is 1. The predicted molar refractivity (Wildman–Crippen MR) is 157 cm³/mol. The fourth-order valence-electron chi connectivity index (χ4n) is 5.64. The molecular formula is C32H43N3O8. The van der Waals surface area contributed by atoms with Gasteiger partial charge in [0.05, 0.1) is 18.7 Å². The maximum atomic E-state index is 14.1. The van der Waals surface area contributed by atoms with Gasteiger partial charge in [-0.2, -0.15) is 0 Å². The van der Waals surface area contributed by atoms with Gasteiger partial charge in [0.25, 0.3) is 0 Å². The van der Waals surface area contributed by atoms with E-state index in [0.29, 0.717) is 24.8 Å². The second-order valence-electron chi connectivity index (χ2n) is 12.4. The Balaban J connectivity index is 1.62. The van der Waals surface area contributed by atoms with E-state index >= 15 is 0 Å². The Morgan fingerprint density at radius 3 is 2.53 bits per heavy atom. The van der Waals surface area contributed by atoms with Crippen molar-refractivity contribution in [2.75, 3.05) is 13.2 Å². The molecule has 3 amide bonds. The topological polar surface area (TPSA) is 140 Å². The van der Waals surface area contributed by atoms with E-state index < -0.39 is 59.2 Å². The monoisotopic (exact) mass is 597 g/mol. The summed E-state index contributed by atoms with van der Waals surface area (Å²) in [5, 5.41) is 5.60. The SMILES string of the molecule is CCOC(=O)[C@@]12C[C@H]1/C=C\CCCCC[C@H](NC(=O)OC(C)(C)C)C(=O)N1C[C@@H](OC(=O)c3ccccc3)C[C@H]1C(=O)N2. The van der Waals surface area contributed by atoms with Gasteiger partial charge in [0.2, 0.25) is 11.8 Å². The van der Waals surface area contributed by atoms with Crippen molar-refractivity contribution in [3.63, 3.8) is 0 Å². The van der Waals surface area contributed by atoms with Crippen LogP contribution in [0.15, 0.2) is 42.5 Å². The number of nitrogens with zero attached hydrogens (tertiary/aromatic N) is 1. The zero-order chi connectivity index (χ0) is 31.2. The van der Waals surface area contributed by atoms with Crippen molar-refractivity contribution >= 4 is 29.8 Å². The summed E-state index contributed by atoms with van der Waals surface area (Å²) in [6.07, 6.45) is 6.34. The molecule has 2 heterocycles. The van der Waals surface area contributed by atoms with Crippen LogP contribution in [0, 0.1) is 5.92 Å². The summed E-state index contributed by atoms with van der Waals surface area (Å²) < 4.78 is 16.5. The van der Waals surface area contributed by atoms with Crippen molar-refractivity contribution in [2.45, 2.75) is 102 Å². The first kappa shape index (κ1) is 32.0. The number of hydrogen-bond acceptors (Lipinski definition) is 8. The lowest BCUT2D eigenvalue weighted by Crippen LogP contribution is -2.56. The van der Waals surface area contributed by atoms with Gasteiger partial charge >= 0.3 is 18.0 Å². The van der Waals surface area contributed by atoms with Crippen molar-refractivity contribution in [3.8, 4) is 0 Å². The first-order valence-electron chi connectivity index (χ1n) is 15.2. The van der Waals surface area contributed by atoms with Crippen LogP contribution in [0.2, 0.25) is 0 Å². The number of alkyl carbamates (subject to hydrolysis) is 1. The summed E-state index contributed by atoms with van der Waals surface area (Å²) in [4.78, 5) is 67.9. The molecule has 4 rings (SSSR count). The lowest BCUT2D eigenvalue weighted by Gasteiger charge is -2.30. The Morgan fingerprint density at radius 1 is 1.09 bits per heavy atom. The van der Waals surface area contributed by atoms with E-state index in [1.54, 1.807) is 58.0 Å². The first-order chi connectivity index (χ1) is 20.4. The molecule has 0 spiro atoms. The Labute approximate surface area is 252 Å². The van der Waals surface area contributed by atoms with Gasteiger partial charge in [-0.05, 0) is 65.5 Å². The maximum absolute atomic E-state index is 14.1. The minimum Gasteiger partial charge on any atom is -0.464 e. The molecule has 1 saturated carbocycles. The van der Waals surface area contributed by atoms with Crippen molar-refractivity contribution in [1.82, 2.24) is 15.5 Å². The van der Waals surface area contributed by atoms with E-state index in [1.165, 1.54) is 4.90 Å². The standard InChI is InChI=1S/C32H43N3O8/c1-5-41-29(39)32-19-22(32)16-12-7-6-8-13-17-24(33-30(40)43-31(2,3)4)27(37)35-20-23(18-25(35)26(36)34-32)42-28(38)21-14-10-9-11-15-21/h9-12,14-16,22-25H,5-8,13,17-20H2,1-4H3,(H,33,40)(H,34,36)/b16-12-/t22-,23+,24+,25+,32-/m1/s1. The minimum atomic E-state index is -1.22. The average Bonchev–Trinajstić information content (AvgIpc) is 3.48. The molecule has 11 heteroatoms. The molecule has 1 saturated heterocycles. The quantitative estimate of drug-likeness (QED) is 0.298. The van der Waals surface area contributed by atoms with Crippen LogP contribution in [0.3, 0.4) is 0 Å². The molecule has 0 unspecified atom stereocenters. The number of carbonyl (C=O) groups excluding carboxylic acids is 5. The second kappa shape index (κ2) is 13.6. The molecule has 234 valence electrons. The molecule has 0 aromatic heterocycles. The minimum absolute atomic E-state index is 0.0364. The van der Waals surface area contributed by atoms with Gasteiger partial charge in [0, 0.05) is 12.3 Å². The van der Waals surface area contributed by atoms with Crippen LogP contribution < -0.4 is 10.6 Å². The lowest BCUT2D eigenvalue weighted by molar-refractivity contribution is -0.150. The summed E-state index contributed by atoms with van der Waals surface area (Å²) in [7, 11) is 0. The molecule has 2 N–H and O–H groups in total. The lowest BCUT2D eigenvalue weighted by atomic mass is 10.0. The van der Waals surface area contributed by atoms with Gasteiger partial charge in [-0.1, -0.05) is 43.2 Å². The van der Waals surface area contributed by atoms with Crippen molar-refractivity contribution in [3.05, 3.63) is 48.0 Å². The third-order valence-corrected chi connectivity index (χ3v) is 7.85. The Bertz CT molecular complexity index is 1230. The number of allylic oxidation sites excluding steroid dienone is 1. The molecule has 1 aromatic carbocycles. The Hall–Kier alpha value is -3.89.